The first-order valence-corrected chi connectivity index (χ1v) is 9.56. The van der Waals surface area contributed by atoms with Gasteiger partial charge in [0.25, 0.3) is 0 Å². The molecule has 2 aromatic rings. The van der Waals surface area contributed by atoms with Crippen molar-refractivity contribution in [3.05, 3.63) is 40.2 Å². The van der Waals surface area contributed by atoms with Crippen LogP contribution in [0.15, 0.2) is 28.2 Å². The fraction of sp³-hybridized carbons (Fsp3) is 0.611. The lowest BCUT2D eigenvalue weighted by atomic mass is 9.99. The van der Waals surface area contributed by atoms with Crippen LogP contribution < -0.4 is 0 Å². The number of aromatic nitrogens is 1. The van der Waals surface area contributed by atoms with E-state index in [2.05, 4.69) is 15.3 Å². The summed E-state index contributed by atoms with van der Waals surface area (Å²) in [5, 5.41) is 3.16. The first-order valence-electron chi connectivity index (χ1n) is 8.68. The minimum atomic E-state index is 0.217. The third-order valence-corrected chi connectivity index (χ3v) is 5.73. The fourth-order valence-corrected chi connectivity index (χ4v) is 4.37. The molecule has 4 rings (SSSR count). The summed E-state index contributed by atoms with van der Waals surface area (Å²) in [7, 11) is 0. The maximum atomic E-state index is 6.29. The molecule has 0 spiro atoms. The van der Waals surface area contributed by atoms with Crippen molar-refractivity contribution in [1.82, 2.24) is 9.88 Å². The molecule has 0 aromatic carbocycles. The zero-order valence-electron chi connectivity index (χ0n) is 14.0. The third kappa shape index (κ3) is 3.72. The molecule has 2 aromatic heterocycles. The van der Waals surface area contributed by atoms with Crippen LogP contribution in [0.2, 0.25) is 0 Å². The Morgan fingerprint density at radius 1 is 1.38 bits per heavy atom. The summed E-state index contributed by atoms with van der Waals surface area (Å²) < 4.78 is 17.6. The summed E-state index contributed by atoms with van der Waals surface area (Å²) in [5.41, 5.74) is 1.02. The fourth-order valence-electron chi connectivity index (χ4n) is 3.78. The van der Waals surface area contributed by atoms with E-state index in [0.717, 1.165) is 42.4 Å². The summed E-state index contributed by atoms with van der Waals surface area (Å²) in [6, 6.07) is 4.53. The first kappa shape index (κ1) is 16.3. The van der Waals surface area contributed by atoms with Gasteiger partial charge in [-0.15, -0.1) is 11.3 Å². The number of aryl methyl sites for hydroxylation is 1. The van der Waals surface area contributed by atoms with Crippen molar-refractivity contribution < 1.29 is 13.9 Å². The molecule has 2 fully saturated rings. The Bertz CT molecular complexity index is 642. The molecule has 0 aliphatic carbocycles. The third-order valence-electron chi connectivity index (χ3n) is 4.91. The zero-order chi connectivity index (χ0) is 16.4. The van der Waals surface area contributed by atoms with Crippen LogP contribution in [-0.4, -0.2) is 41.3 Å². The lowest BCUT2D eigenvalue weighted by Crippen LogP contribution is -2.43. The van der Waals surface area contributed by atoms with Crippen LogP contribution in [0.3, 0.4) is 0 Å². The van der Waals surface area contributed by atoms with Crippen LogP contribution in [0.1, 0.15) is 35.7 Å². The predicted molar refractivity (Wildman–Crippen MR) is 91.9 cm³/mol. The Morgan fingerprint density at radius 2 is 2.33 bits per heavy atom. The Hall–Kier alpha value is -1.21. The highest BCUT2D eigenvalue weighted by atomic mass is 32.1. The molecular formula is C18H24N2O3S. The van der Waals surface area contributed by atoms with Crippen LogP contribution in [-0.2, 0) is 22.6 Å². The maximum Gasteiger partial charge on any atom is 0.117 e. The molecule has 2 aliphatic rings. The minimum Gasteiger partial charge on any atom is -0.468 e. The van der Waals surface area contributed by atoms with Crippen molar-refractivity contribution in [3.8, 4) is 0 Å². The van der Waals surface area contributed by atoms with E-state index in [9.17, 15) is 0 Å². The van der Waals surface area contributed by atoms with Crippen molar-refractivity contribution in [2.75, 3.05) is 13.2 Å². The van der Waals surface area contributed by atoms with E-state index in [1.807, 2.05) is 19.1 Å². The van der Waals surface area contributed by atoms with Crippen LogP contribution in [0.25, 0.3) is 0 Å². The van der Waals surface area contributed by atoms with Gasteiger partial charge in [-0.25, -0.2) is 4.98 Å². The summed E-state index contributed by atoms with van der Waals surface area (Å²) in [4.78, 5) is 6.93. The van der Waals surface area contributed by atoms with Gasteiger partial charge >= 0.3 is 0 Å². The average molecular weight is 348 g/mol. The molecule has 2 aliphatic heterocycles. The van der Waals surface area contributed by atoms with Crippen LogP contribution in [0, 0.1) is 6.92 Å². The molecule has 0 amide bonds. The van der Waals surface area contributed by atoms with Gasteiger partial charge in [0.1, 0.15) is 5.76 Å². The number of likely N-dealkylation sites (tertiary alicyclic amines) is 1. The van der Waals surface area contributed by atoms with E-state index < -0.39 is 0 Å². The van der Waals surface area contributed by atoms with Crippen molar-refractivity contribution in [2.24, 2.45) is 0 Å². The van der Waals surface area contributed by atoms with E-state index in [0.29, 0.717) is 25.4 Å². The van der Waals surface area contributed by atoms with Gasteiger partial charge < -0.3 is 13.9 Å². The number of hydrogen-bond acceptors (Lipinski definition) is 6. The molecule has 3 atom stereocenters. The van der Waals surface area contributed by atoms with Gasteiger partial charge in [-0.05, 0) is 38.3 Å². The zero-order valence-corrected chi connectivity index (χ0v) is 14.8. The molecule has 6 heteroatoms. The van der Waals surface area contributed by atoms with Gasteiger partial charge in [0.15, 0.2) is 0 Å². The van der Waals surface area contributed by atoms with E-state index in [1.54, 1.807) is 17.6 Å². The van der Waals surface area contributed by atoms with Crippen LogP contribution in [0.4, 0.5) is 0 Å². The van der Waals surface area contributed by atoms with Crippen LogP contribution in [0.5, 0.6) is 0 Å². The Kier molecular flexibility index (Phi) is 4.98. The Balaban J connectivity index is 1.23. The van der Waals surface area contributed by atoms with Gasteiger partial charge in [-0.2, -0.15) is 0 Å². The maximum absolute atomic E-state index is 6.29. The summed E-state index contributed by atoms with van der Waals surface area (Å²) >= 11 is 1.67. The molecular weight excluding hydrogens is 324 g/mol. The quantitative estimate of drug-likeness (QED) is 0.801. The normalized spacial score (nSPS) is 27.5. The molecule has 130 valence electrons. The number of rotatable bonds is 6. The molecule has 0 unspecified atom stereocenters. The average Bonchev–Trinajstić information content (AvgIpc) is 3.31. The van der Waals surface area contributed by atoms with E-state index >= 15 is 0 Å². The molecule has 24 heavy (non-hydrogen) atoms. The highest BCUT2D eigenvalue weighted by Crippen LogP contribution is 2.32. The second-order valence-electron chi connectivity index (χ2n) is 6.65. The molecule has 0 bridgehead atoms. The summed E-state index contributed by atoms with van der Waals surface area (Å²) in [6.45, 7) is 5.25. The highest BCUT2D eigenvalue weighted by molar-refractivity contribution is 7.09. The second kappa shape index (κ2) is 7.35. The van der Waals surface area contributed by atoms with Crippen molar-refractivity contribution >= 4 is 11.3 Å². The first-order chi connectivity index (χ1) is 11.8. The second-order valence-corrected chi connectivity index (χ2v) is 7.71. The minimum absolute atomic E-state index is 0.217. The molecule has 2 saturated heterocycles. The SMILES string of the molecule is Cc1nc(COC[C@H]2CC[C@H]3[C@H](CCN3Cc3ccco3)O2)cs1. The molecule has 0 N–H and O–H groups in total. The lowest BCUT2D eigenvalue weighted by molar-refractivity contribution is -0.103. The lowest BCUT2D eigenvalue weighted by Gasteiger charge is -2.35. The van der Waals surface area contributed by atoms with E-state index in [1.165, 1.54) is 6.42 Å². The summed E-state index contributed by atoms with van der Waals surface area (Å²) in [6.07, 6.45) is 5.64. The monoisotopic (exact) mass is 348 g/mol. The summed E-state index contributed by atoms with van der Waals surface area (Å²) in [5.74, 6) is 1.04. The number of nitrogens with zero attached hydrogens (tertiary/aromatic N) is 2. The highest BCUT2D eigenvalue weighted by Gasteiger charge is 2.39. The Labute approximate surface area is 146 Å². The van der Waals surface area contributed by atoms with E-state index in [-0.39, 0.29) is 6.10 Å². The molecule has 0 radical (unpaired) electrons. The molecule has 0 saturated carbocycles. The Morgan fingerprint density at radius 3 is 3.12 bits per heavy atom. The number of hydrogen-bond donors (Lipinski definition) is 0. The van der Waals surface area contributed by atoms with Gasteiger partial charge in [0, 0.05) is 18.0 Å². The van der Waals surface area contributed by atoms with Crippen LogP contribution >= 0.6 is 11.3 Å². The van der Waals surface area contributed by atoms with Crippen molar-refractivity contribution in [3.63, 3.8) is 0 Å². The smallest absolute Gasteiger partial charge is 0.117 e. The topological polar surface area (TPSA) is 47.7 Å². The standard InChI is InChI=1S/C18H24N2O3S/c1-13-19-14(12-24-13)10-21-11-16-4-5-17-18(23-16)6-7-20(17)9-15-3-2-8-22-15/h2-3,8,12,16-18H,4-7,9-11H2,1H3/t16-,17+,18+/m1/s1. The number of fused-ring (bicyclic) bond motifs is 1. The van der Waals surface area contributed by atoms with Gasteiger partial charge in [-0.1, -0.05) is 0 Å². The largest absolute Gasteiger partial charge is 0.468 e. The van der Waals surface area contributed by atoms with Crippen molar-refractivity contribution in [2.45, 2.75) is 57.6 Å². The van der Waals surface area contributed by atoms with Gasteiger partial charge in [-0.3, -0.25) is 4.90 Å². The number of ether oxygens (including phenoxy) is 2. The molecule has 4 heterocycles. The number of thiazole rings is 1. The van der Waals surface area contributed by atoms with Gasteiger partial charge in [0.05, 0.1) is 48.9 Å². The predicted octanol–water partition coefficient (Wildman–Crippen LogP) is 3.38. The number of furan rings is 1. The van der Waals surface area contributed by atoms with Crippen molar-refractivity contribution in [1.29, 1.82) is 0 Å². The van der Waals surface area contributed by atoms with E-state index in [4.69, 9.17) is 13.9 Å². The molecule has 5 nitrogen and oxygen atoms in total. The van der Waals surface area contributed by atoms with Gasteiger partial charge in [0.2, 0.25) is 0 Å².